The van der Waals surface area contributed by atoms with Gasteiger partial charge in [0, 0.05) is 17.3 Å². The molecule has 1 saturated carbocycles. The number of pyridine rings is 1. The minimum atomic E-state index is -0.821. The number of carbonyl (C=O) groups is 1. The largest absolute Gasteiger partial charge is 0.317 e. The van der Waals surface area contributed by atoms with Crippen molar-refractivity contribution >= 4 is 17.5 Å². The Hall–Kier alpha value is -1.60. The number of hydrogen-bond donors (Lipinski definition) is 0. The van der Waals surface area contributed by atoms with Crippen molar-refractivity contribution < 1.29 is 4.79 Å². The Morgan fingerprint density at radius 3 is 2.71 bits per heavy atom. The van der Waals surface area contributed by atoms with Gasteiger partial charge in [0.05, 0.1) is 6.07 Å². The lowest BCUT2D eigenvalue weighted by molar-refractivity contribution is 0.0615. The normalized spacial score (nSPS) is 14.6. The molecule has 1 aliphatic rings. The Morgan fingerprint density at radius 2 is 2.19 bits per heavy atom. The van der Waals surface area contributed by atoms with Gasteiger partial charge >= 0.3 is 0 Å². The van der Waals surface area contributed by atoms with Crippen LogP contribution in [0.15, 0.2) is 12.1 Å². The zero-order valence-electron chi connectivity index (χ0n) is 12.7. The first-order chi connectivity index (χ1) is 9.89. The minimum Gasteiger partial charge on any atom is -0.317 e. The summed E-state index contributed by atoms with van der Waals surface area (Å²) >= 11 is 6.03. The molecule has 0 atom stereocenters. The molecule has 1 aromatic heterocycles. The maximum atomic E-state index is 12.8. The molecule has 1 aromatic rings. The molecule has 112 valence electrons. The molecule has 1 aliphatic carbocycles. The summed E-state index contributed by atoms with van der Waals surface area (Å²) in [6.07, 6.45) is 3.64. The molecule has 1 fully saturated rings. The number of halogens is 1. The van der Waals surface area contributed by atoms with E-state index in [2.05, 4.69) is 18.0 Å². The number of carbonyl (C=O) groups excluding carboxylic acids is 1. The number of amides is 1. The van der Waals surface area contributed by atoms with Crippen molar-refractivity contribution in [3.05, 3.63) is 28.5 Å². The smallest absolute Gasteiger partial charge is 0.255 e. The van der Waals surface area contributed by atoms with Crippen molar-refractivity contribution in [3.63, 3.8) is 0 Å². The first-order valence-electron chi connectivity index (χ1n) is 7.30. The number of aryl methyl sites for hydroxylation is 1. The summed E-state index contributed by atoms with van der Waals surface area (Å²) in [5, 5.41) is 9.68. The van der Waals surface area contributed by atoms with E-state index in [1.54, 1.807) is 30.9 Å². The Bertz CT molecular complexity index is 588. The van der Waals surface area contributed by atoms with Crippen molar-refractivity contribution in [2.75, 3.05) is 0 Å². The molecule has 21 heavy (non-hydrogen) atoms. The summed E-state index contributed by atoms with van der Waals surface area (Å²) in [6.45, 7) is 5.61. The third-order valence-corrected chi connectivity index (χ3v) is 3.80. The van der Waals surface area contributed by atoms with Gasteiger partial charge in [0.1, 0.15) is 10.7 Å². The molecule has 5 heteroatoms. The van der Waals surface area contributed by atoms with Crippen molar-refractivity contribution in [2.24, 2.45) is 0 Å². The highest BCUT2D eigenvalue weighted by atomic mass is 35.5. The second-order valence-corrected chi connectivity index (χ2v) is 6.38. The molecule has 0 N–H and O–H groups in total. The van der Waals surface area contributed by atoms with Gasteiger partial charge in [0.15, 0.2) is 0 Å². The lowest BCUT2D eigenvalue weighted by atomic mass is 10.0. The fourth-order valence-electron chi connectivity index (χ4n) is 2.46. The number of rotatable bonds is 5. The third-order valence-electron chi connectivity index (χ3n) is 3.61. The second-order valence-electron chi connectivity index (χ2n) is 6.00. The van der Waals surface area contributed by atoms with Crippen LogP contribution < -0.4 is 0 Å². The standard InChI is InChI=1S/C16H20ClN3O/c1-4-5-12-8-11(9-14(17)19-12)15(21)20(13-6-7-13)16(2,3)10-18/h8-9,13H,4-7H2,1-3H3. The number of hydrogen-bond acceptors (Lipinski definition) is 3. The molecule has 2 rings (SSSR count). The Balaban J connectivity index is 2.35. The van der Waals surface area contributed by atoms with Crippen LogP contribution in [0.3, 0.4) is 0 Å². The molecular formula is C16H20ClN3O. The fourth-order valence-corrected chi connectivity index (χ4v) is 2.69. The number of nitrogens with zero attached hydrogens (tertiary/aromatic N) is 3. The van der Waals surface area contributed by atoms with Crippen LogP contribution in [0.2, 0.25) is 5.15 Å². The predicted octanol–water partition coefficient (Wildman–Crippen LogP) is 3.59. The first-order valence-corrected chi connectivity index (χ1v) is 7.68. The average molecular weight is 306 g/mol. The number of aromatic nitrogens is 1. The zero-order chi connectivity index (χ0) is 15.6. The van der Waals surface area contributed by atoms with Crippen LogP contribution in [-0.4, -0.2) is 27.4 Å². The molecule has 0 spiro atoms. The van der Waals surface area contributed by atoms with Crippen molar-refractivity contribution in [2.45, 2.75) is 58.0 Å². The highest BCUT2D eigenvalue weighted by Crippen LogP contribution is 2.34. The molecule has 0 saturated heterocycles. The van der Waals surface area contributed by atoms with Crippen LogP contribution >= 0.6 is 11.6 Å². The summed E-state index contributed by atoms with van der Waals surface area (Å²) in [5.41, 5.74) is 0.520. The second kappa shape index (κ2) is 6.03. The van der Waals surface area contributed by atoms with E-state index in [1.165, 1.54) is 0 Å². The van der Waals surface area contributed by atoms with Crippen LogP contribution in [0.25, 0.3) is 0 Å². The van der Waals surface area contributed by atoms with E-state index in [0.29, 0.717) is 10.7 Å². The quantitative estimate of drug-likeness (QED) is 0.781. The SMILES string of the molecule is CCCc1cc(C(=O)N(C2CC2)C(C)(C)C#N)cc(Cl)n1. The molecule has 1 amide bonds. The topological polar surface area (TPSA) is 57.0 Å². The highest BCUT2D eigenvalue weighted by molar-refractivity contribution is 6.29. The van der Waals surface area contributed by atoms with Crippen molar-refractivity contribution in [3.8, 4) is 6.07 Å². The van der Waals surface area contributed by atoms with E-state index in [4.69, 9.17) is 11.6 Å². The maximum absolute atomic E-state index is 12.8. The fraction of sp³-hybridized carbons (Fsp3) is 0.562. The van der Waals surface area contributed by atoms with E-state index in [1.807, 2.05) is 0 Å². The Kier molecular flexibility index (Phi) is 4.53. The van der Waals surface area contributed by atoms with Crippen LogP contribution in [0, 0.1) is 11.3 Å². The lowest BCUT2D eigenvalue weighted by Crippen LogP contribution is -2.48. The molecule has 0 unspecified atom stereocenters. The summed E-state index contributed by atoms with van der Waals surface area (Å²) < 4.78 is 0. The average Bonchev–Trinajstić information content (AvgIpc) is 3.23. The van der Waals surface area contributed by atoms with E-state index in [-0.39, 0.29) is 11.9 Å². The summed E-state index contributed by atoms with van der Waals surface area (Å²) in [7, 11) is 0. The third kappa shape index (κ3) is 3.54. The summed E-state index contributed by atoms with van der Waals surface area (Å²) in [4.78, 5) is 18.8. The lowest BCUT2D eigenvalue weighted by Gasteiger charge is -2.33. The highest BCUT2D eigenvalue weighted by Gasteiger charge is 2.42. The van der Waals surface area contributed by atoms with Gasteiger partial charge in [-0.25, -0.2) is 4.98 Å². The van der Waals surface area contributed by atoms with Gasteiger partial charge in [-0.1, -0.05) is 24.9 Å². The molecule has 0 aromatic carbocycles. The van der Waals surface area contributed by atoms with Crippen LogP contribution in [0.5, 0.6) is 0 Å². The van der Waals surface area contributed by atoms with E-state index in [9.17, 15) is 10.1 Å². The van der Waals surface area contributed by atoms with Gasteiger partial charge in [-0.3, -0.25) is 4.79 Å². The molecule has 0 bridgehead atoms. The van der Waals surface area contributed by atoms with Crippen molar-refractivity contribution in [1.29, 1.82) is 5.26 Å². The summed E-state index contributed by atoms with van der Waals surface area (Å²) in [6, 6.07) is 5.77. The molecule has 1 heterocycles. The predicted molar refractivity (Wildman–Crippen MR) is 82.1 cm³/mol. The van der Waals surface area contributed by atoms with Gasteiger partial charge in [-0.15, -0.1) is 0 Å². The molecule has 4 nitrogen and oxygen atoms in total. The molecule has 0 radical (unpaired) electrons. The maximum Gasteiger partial charge on any atom is 0.255 e. The van der Waals surface area contributed by atoms with Crippen LogP contribution in [0.1, 0.15) is 56.1 Å². The monoisotopic (exact) mass is 305 g/mol. The van der Waals surface area contributed by atoms with Crippen LogP contribution in [-0.2, 0) is 6.42 Å². The van der Waals surface area contributed by atoms with Gasteiger partial charge in [0.2, 0.25) is 0 Å². The van der Waals surface area contributed by atoms with E-state index >= 15 is 0 Å². The first kappa shape index (κ1) is 15.8. The van der Waals surface area contributed by atoms with Gasteiger partial charge < -0.3 is 4.90 Å². The number of nitriles is 1. The molecular weight excluding hydrogens is 286 g/mol. The minimum absolute atomic E-state index is 0.134. The Morgan fingerprint density at radius 1 is 1.52 bits per heavy atom. The molecule has 0 aliphatic heterocycles. The van der Waals surface area contributed by atoms with Gasteiger partial charge in [-0.2, -0.15) is 5.26 Å². The Labute approximate surface area is 130 Å². The van der Waals surface area contributed by atoms with Gasteiger partial charge in [0.25, 0.3) is 5.91 Å². The van der Waals surface area contributed by atoms with Crippen molar-refractivity contribution in [1.82, 2.24) is 9.88 Å². The van der Waals surface area contributed by atoms with Crippen LogP contribution in [0.4, 0.5) is 0 Å². The van der Waals surface area contributed by atoms with E-state index < -0.39 is 5.54 Å². The summed E-state index contributed by atoms with van der Waals surface area (Å²) in [5.74, 6) is -0.134. The van der Waals surface area contributed by atoms with E-state index in [0.717, 1.165) is 31.4 Å². The van der Waals surface area contributed by atoms with Gasteiger partial charge in [-0.05, 0) is 45.2 Å². The zero-order valence-corrected chi connectivity index (χ0v) is 13.4.